The van der Waals surface area contributed by atoms with Crippen LogP contribution in [0.1, 0.15) is 5.56 Å². The first-order valence-corrected chi connectivity index (χ1v) is 4.74. The van der Waals surface area contributed by atoms with Gasteiger partial charge in [0, 0.05) is 17.8 Å². The van der Waals surface area contributed by atoms with Crippen LogP contribution in [0.4, 0.5) is 5.82 Å². The van der Waals surface area contributed by atoms with Gasteiger partial charge in [-0.2, -0.15) is 0 Å². The van der Waals surface area contributed by atoms with Gasteiger partial charge in [0.05, 0.1) is 5.51 Å². The Balaban J connectivity index is 0.000000145. The van der Waals surface area contributed by atoms with Gasteiger partial charge in [0.1, 0.15) is 5.82 Å². The number of hydrogen-bond donors (Lipinski definition) is 1. The fraction of sp³-hybridized carbons (Fsp3) is 0.111. The second-order valence-electron chi connectivity index (χ2n) is 2.38. The Labute approximate surface area is 81.3 Å². The van der Waals surface area contributed by atoms with E-state index in [0.717, 1.165) is 5.56 Å². The third-order valence-corrected chi connectivity index (χ3v) is 1.92. The van der Waals surface area contributed by atoms with Crippen molar-refractivity contribution in [1.29, 1.82) is 0 Å². The molecule has 2 N–H and O–H groups in total. The summed E-state index contributed by atoms with van der Waals surface area (Å²) >= 11 is 1.60. The van der Waals surface area contributed by atoms with Crippen LogP contribution in [-0.4, -0.2) is 9.97 Å². The first-order valence-electron chi connectivity index (χ1n) is 3.80. The molecule has 0 fully saturated rings. The molecule has 0 radical (unpaired) electrons. The number of rotatable bonds is 0. The molecule has 3 nitrogen and oxygen atoms in total. The number of nitrogens with zero attached hydrogens (tertiary/aromatic N) is 2. The zero-order valence-electron chi connectivity index (χ0n) is 7.34. The number of pyridine rings is 1. The zero-order chi connectivity index (χ0) is 9.52. The number of aromatic nitrogens is 2. The van der Waals surface area contributed by atoms with Crippen molar-refractivity contribution in [1.82, 2.24) is 9.97 Å². The van der Waals surface area contributed by atoms with Crippen LogP contribution in [-0.2, 0) is 0 Å². The highest BCUT2D eigenvalue weighted by atomic mass is 32.1. The van der Waals surface area contributed by atoms with E-state index in [-0.39, 0.29) is 0 Å². The van der Waals surface area contributed by atoms with E-state index in [1.807, 2.05) is 24.4 Å². The Morgan fingerprint density at radius 3 is 2.54 bits per heavy atom. The molecule has 0 saturated carbocycles. The monoisotopic (exact) mass is 193 g/mol. The Morgan fingerprint density at radius 1 is 1.38 bits per heavy atom. The molecule has 0 spiro atoms. The van der Waals surface area contributed by atoms with Crippen molar-refractivity contribution in [2.75, 3.05) is 5.73 Å². The summed E-state index contributed by atoms with van der Waals surface area (Å²) in [6, 6.07) is 3.80. The van der Waals surface area contributed by atoms with Gasteiger partial charge in [0.2, 0.25) is 0 Å². The molecule has 2 aromatic rings. The van der Waals surface area contributed by atoms with Crippen LogP contribution in [0.2, 0.25) is 0 Å². The Hall–Kier alpha value is -1.42. The quantitative estimate of drug-likeness (QED) is 0.697. The van der Waals surface area contributed by atoms with E-state index >= 15 is 0 Å². The molecular formula is C9H11N3S. The van der Waals surface area contributed by atoms with Crippen molar-refractivity contribution in [3.05, 3.63) is 41.0 Å². The lowest BCUT2D eigenvalue weighted by molar-refractivity contribution is 1.28. The van der Waals surface area contributed by atoms with Gasteiger partial charge in [0.25, 0.3) is 0 Å². The summed E-state index contributed by atoms with van der Waals surface area (Å²) < 4.78 is 0. The van der Waals surface area contributed by atoms with Crippen molar-refractivity contribution in [3.8, 4) is 0 Å². The minimum Gasteiger partial charge on any atom is -0.383 e. The summed E-state index contributed by atoms with van der Waals surface area (Å²) in [5.41, 5.74) is 8.24. The number of nitrogens with two attached hydrogens (primary N) is 1. The van der Waals surface area contributed by atoms with Crippen LogP contribution in [0.15, 0.2) is 35.4 Å². The van der Waals surface area contributed by atoms with Crippen molar-refractivity contribution < 1.29 is 0 Å². The van der Waals surface area contributed by atoms with Crippen molar-refractivity contribution in [2.45, 2.75) is 6.92 Å². The van der Waals surface area contributed by atoms with Crippen LogP contribution >= 0.6 is 11.3 Å². The second kappa shape index (κ2) is 5.27. The zero-order valence-corrected chi connectivity index (χ0v) is 8.16. The predicted octanol–water partition coefficient (Wildman–Crippen LogP) is 2.12. The van der Waals surface area contributed by atoms with Gasteiger partial charge >= 0.3 is 0 Å². The molecule has 0 aromatic carbocycles. The van der Waals surface area contributed by atoms with Crippen LogP contribution in [0, 0.1) is 6.92 Å². The van der Waals surface area contributed by atoms with E-state index in [0.29, 0.717) is 5.82 Å². The highest BCUT2D eigenvalue weighted by Gasteiger charge is 1.86. The minimum atomic E-state index is 0.618. The number of nitrogen functional groups attached to an aromatic ring is 1. The minimum absolute atomic E-state index is 0.618. The summed E-state index contributed by atoms with van der Waals surface area (Å²) in [7, 11) is 0. The maximum Gasteiger partial charge on any atom is 0.126 e. The fourth-order valence-corrected chi connectivity index (χ4v) is 1.02. The van der Waals surface area contributed by atoms with Gasteiger partial charge in [-0.05, 0) is 18.6 Å². The third kappa shape index (κ3) is 3.66. The topological polar surface area (TPSA) is 51.8 Å². The smallest absolute Gasteiger partial charge is 0.126 e. The summed E-state index contributed by atoms with van der Waals surface area (Å²) in [6.45, 7) is 1.93. The largest absolute Gasteiger partial charge is 0.383 e. The van der Waals surface area contributed by atoms with E-state index in [1.54, 1.807) is 29.2 Å². The van der Waals surface area contributed by atoms with Gasteiger partial charge in [0.15, 0.2) is 0 Å². The lowest BCUT2D eigenvalue weighted by atomic mass is 10.3. The SMILES string of the molecule is Cc1cccnc1N.c1cscn1. The molecule has 4 heteroatoms. The van der Waals surface area contributed by atoms with Crippen LogP contribution in [0.5, 0.6) is 0 Å². The van der Waals surface area contributed by atoms with Gasteiger partial charge < -0.3 is 5.73 Å². The molecule has 0 aliphatic carbocycles. The van der Waals surface area contributed by atoms with E-state index in [1.165, 1.54) is 0 Å². The summed E-state index contributed by atoms with van der Waals surface area (Å²) in [5, 5.41) is 1.93. The summed E-state index contributed by atoms with van der Waals surface area (Å²) in [5.74, 6) is 0.618. The van der Waals surface area contributed by atoms with E-state index in [2.05, 4.69) is 9.97 Å². The summed E-state index contributed by atoms with van der Waals surface area (Å²) in [4.78, 5) is 7.60. The van der Waals surface area contributed by atoms with E-state index < -0.39 is 0 Å². The molecule has 13 heavy (non-hydrogen) atoms. The van der Waals surface area contributed by atoms with Crippen LogP contribution < -0.4 is 5.73 Å². The molecule has 2 rings (SSSR count). The molecule has 0 atom stereocenters. The Kier molecular flexibility index (Phi) is 3.92. The lowest BCUT2D eigenvalue weighted by Crippen LogP contribution is -1.90. The second-order valence-corrected chi connectivity index (χ2v) is 3.14. The summed E-state index contributed by atoms with van der Waals surface area (Å²) in [6.07, 6.45) is 3.45. The number of hydrogen-bond acceptors (Lipinski definition) is 4. The molecule has 0 bridgehead atoms. The highest BCUT2D eigenvalue weighted by Crippen LogP contribution is 2.01. The number of anilines is 1. The highest BCUT2D eigenvalue weighted by molar-refractivity contribution is 7.07. The van der Waals surface area contributed by atoms with Crippen molar-refractivity contribution >= 4 is 17.2 Å². The van der Waals surface area contributed by atoms with Crippen LogP contribution in [0.25, 0.3) is 0 Å². The predicted molar refractivity (Wildman–Crippen MR) is 55.5 cm³/mol. The van der Waals surface area contributed by atoms with E-state index in [4.69, 9.17) is 5.73 Å². The fourth-order valence-electron chi connectivity index (χ4n) is 0.674. The molecule has 0 amide bonds. The average Bonchev–Trinajstić information content (AvgIpc) is 2.68. The molecule has 68 valence electrons. The molecule has 2 aromatic heterocycles. The third-order valence-electron chi connectivity index (χ3n) is 1.40. The van der Waals surface area contributed by atoms with Crippen molar-refractivity contribution in [2.24, 2.45) is 0 Å². The van der Waals surface area contributed by atoms with Gasteiger partial charge in [-0.25, -0.2) is 4.98 Å². The lowest BCUT2D eigenvalue weighted by Gasteiger charge is -1.92. The van der Waals surface area contributed by atoms with Gasteiger partial charge in [-0.15, -0.1) is 11.3 Å². The molecule has 0 unspecified atom stereocenters. The van der Waals surface area contributed by atoms with Gasteiger partial charge in [-0.1, -0.05) is 6.07 Å². The molecule has 0 aliphatic heterocycles. The molecule has 0 saturated heterocycles. The number of thiazole rings is 1. The average molecular weight is 193 g/mol. The van der Waals surface area contributed by atoms with Gasteiger partial charge in [-0.3, -0.25) is 4.98 Å². The number of aryl methyl sites for hydroxylation is 1. The Morgan fingerprint density at radius 2 is 2.23 bits per heavy atom. The first-order chi connectivity index (χ1) is 6.30. The van der Waals surface area contributed by atoms with Crippen LogP contribution in [0.3, 0.4) is 0 Å². The normalized spacial score (nSPS) is 8.69. The molecular weight excluding hydrogens is 182 g/mol. The molecule has 2 heterocycles. The Bertz CT molecular complexity index is 294. The van der Waals surface area contributed by atoms with Crippen molar-refractivity contribution in [3.63, 3.8) is 0 Å². The maximum absolute atomic E-state index is 5.41. The maximum atomic E-state index is 5.41. The standard InChI is InChI=1S/C6H8N2.C3H3NS/c1-5-3-2-4-8-6(5)7;1-2-5-3-4-1/h2-4H,1H3,(H2,7,8);1-3H. The first kappa shape index (κ1) is 9.67. The molecule has 0 aliphatic rings. The van der Waals surface area contributed by atoms with E-state index in [9.17, 15) is 0 Å².